The fourth-order valence-electron chi connectivity index (χ4n) is 1.00. The summed E-state index contributed by atoms with van der Waals surface area (Å²) in [5, 5.41) is 11.9. The number of hydrogen-bond acceptors (Lipinski definition) is 3. The maximum absolute atomic E-state index is 11.4. The number of nitro benzene ring substituents is 1. The van der Waals surface area contributed by atoms with Gasteiger partial charge in [0, 0.05) is 24.6 Å². The van der Waals surface area contributed by atoms with Gasteiger partial charge in [-0.3, -0.25) is 14.3 Å². The monoisotopic (exact) mass is 213 g/mol. The predicted octanol–water partition coefficient (Wildman–Crippen LogP) is 1.29. The van der Waals surface area contributed by atoms with Crippen molar-refractivity contribution in [3.8, 4) is 0 Å². The zero-order valence-electron chi connectivity index (χ0n) is 7.97. The van der Waals surface area contributed by atoms with Crippen LogP contribution in [0.3, 0.4) is 0 Å². The van der Waals surface area contributed by atoms with E-state index in [-0.39, 0.29) is 5.69 Å². The molecule has 14 heavy (non-hydrogen) atoms. The SMILES string of the molecule is CS(C)(=O)=Cc1ccc([N+](=O)[O-])cc1. The lowest BCUT2D eigenvalue weighted by Crippen LogP contribution is -1.98. The third kappa shape index (κ3) is 3.18. The van der Waals surface area contributed by atoms with Crippen LogP contribution >= 0.6 is 0 Å². The smallest absolute Gasteiger partial charge is 0.268 e. The van der Waals surface area contributed by atoms with Gasteiger partial charge in [-0.05, 0) is 32.6 Å². The van der Waals surface area contributed by atoms with Crippen molar-refractivity contribution >= 4 is 20.6 Å². The highest BCUT2D eigenvalue weighted by atomic mass is 32.2. The summed E-state index contributed by atoms with van der Waals surface area (Å²) in [5.41, 5.74) is 0.784. The Balaban J connectivity index is 3.07. The first-order chi connectivity index (χ1) is 6.38. The maximum Gasteiger partial charge on any atom is 0.269 e. The molecule has 0 aromatic heterocycles. The van der Waals surface area contributed by atoms with Gasteiger partial charge in [0.05, 0.1) is 4.92 Å². The largest absolute Gasteiger partial charge is 0.269 e. The Morgan fingerprint density at radius 3 is 2.14 bits per heavy atom. The third-order valence-corrected chi connectivity index (χ3v) is 2.36. The maximum atomic E-state index is 11.4. The van der Waals surface area contributed by atoms with Crippen molar-refractivity contribution in [3.63, 3.8) is 0 Å². The fourth-order valence-corrected chi connectivity index (χ4v) is 1.81. The lowest BCUT2D eigenvalue weighted by Gasteiger charge is -1.96. The molecule has 0 amide bonds. The Bertz CT molecular complexity index is 447. The second-order valence-corrected chi connectivity index (χ2v) is 6.13. The highest BCUT2D eigenvalue weighted by Gasteiger charge is 2.02. The molecule has 0 bridgehead atoms. The number of nitrogens with zero attached hydrogens (tertiary/aromatic N) is 1. The minimum Gasteiger partial charge on any atom is -0.268 e. The molecule has 0 unspecified atom stereocenters. The molecule has 0 spiro atoms. The predicted molar refractivity (Wildman–Crippen MR) is 58.3 cm³/mol. The summed E-state index contributed by atoms with van der Waals surface area (Å²) in [6, 6.07) is 5.98. The molecule has 0 saturated heterocycles. The van der Waals surface area contributed by atoms with Gasteiger partial charge in [0.25, 0.3) is 5.69 Å². The van der Waals surface area contributed by atoms with Crippen molar-refractivity contribution in [2.75, 3.05) is 12.5 Å². The topological polar surface area (TPSA) is 60.2 Å². The van der Waals surface area contributed by atoms with Gasteiger partial charge < -0.3 is 0 Å². The van der Waals surface area contributed by atoms with E-state index in [1.807, 2.05) is 0 Å². The second-order valence-electron chi connectivity index (χ2n) is 3.28. The third-order valence-electron chi connectivity index (χ3n) is 1.52. The van der Waals surface area contributed by atoms with E-state index in [0.29, 0.717) is 0 Å². The standard InChI is InChI=1S/C9H11NO3S/c1-14(2,13)7-8-3-5-9(6-4-8)10(11)12/h3-7H,1-2H3. The van der Waals surface area contributed by atoms with E-state index in [2.05, 4.69) is 0 Å². The van der Waals surface area contributed by atoms with Crippen LogP contribution in [0.15, 0.2) is 24.3 Å². The number of rotatable bonds is 2. The van der Waals surface area contributed by atoms with Crippen molar-refractivity contribution in [2.24, 2.45) is 0 Å². The zero-order chi connectivity index (χ0) is 10.8. The number of non-ortho nitro benzene ring substituents is 1. The Kier molecular flexibility index (Phi) is 2.90. The molecule has 0 aliphatic heterocycles. The Labute approximate surface area is 82.7 Å². The normalized spacial score (nSPS) is 11.0. The summed E-state index contributed by atoms with van der Waals surface area (Å²) >= 11 is 0. The van der Waals surface area contributed by atoms with E-state index in [4.69, 9.17) is 0 Å². The summed E-state index contributed by atoms with van der Waals surface area (Å²) in [4.78, 5) is 9.88. The van der Waals surface area contributed by atoms with E-state index in [9.17, 15) is 14.3 Å². The van der Waals surface area contributed by atoms with Gasteiger partial charge in [-0.15, -0.1) is 0 Å². The van der Waals surface area contributed by atoms with Crippen LogP contribution in [-0.4, -0.2) is 27.0 Å². The molecule has 4 nitrogen and oxygen atoms in total. The minimum absolute atomic E-state index is 0.0425. The van der Waals surface area contributed by atoms with E-state index in [0.717, 1.165) is 5.56 Å². The summed E-state index contributed by atoms with van der Waals surface area (Å²) < 4.78 is 11.4. The fraction of sp³-hybridized carbons (Fsp3) is 0.222. The van der Waals surface area contributed by atoms with Crippen LogP contribution in [0.5, 0.6) is 0 Å². The first-order valence-corrected chi connectivity index (χ1v) is 6.36. The quantitative estimate of drug-likeness (QED) is 0.422. The van der Waals surface area contributed by atoms with Gasteiger partial charge in [0.2, 0.25) is 0 Å². The molecule has 76 valence electrons. The van der Waals surface area contributed by atoms with Crippen LogP contribution < -0.4 is 0 Å². The lowest BCUT2D eigenvalue weighted by molar-refractivity contribution is -0.384. The van der Waals surface area contributed by atoms with E-state index >= 15 is 0 Å². The van der Waals surface area contributed by atoms with Crippen LogP contribution in [0, 0.1) is 10.1 Å². The molecule has 1 aromatic carbocycles. The molecular formula is C9H11NO3S. The van der Waals surface area contributed by atoms with Gasteiger partial charge in [-0.2, -0.15) is 0 Å². The molecular weight excluding hydrogens is 202 g/mol. The van der Waals surface area contributed by atoms with Gasteiger partial charge >= 0.3 is 0 Å². The van der Waals surface area contributed by atoms with Gasteiger partial charge in [0.15, 0.2) is 0 Å². The average Bonchev–Trinajstić information content (AvgIpc) is 2.02. The van der Waals surface area contributed by atoms with Crippen molar-refractivity contribution < 1.29 is 9.13 Å². The van der Waals surface area contributed by atoms with Gasteiger partial charge in [0.1, 0.15) is 0 Å². The van der Waals surface area contributed by atoms with Crippen LogP contribution in [0.1, 0.15) is 5.56 Å². The molecule has 0 radical (unpaired) electrons. The first-order valence-electron chi connectivity index (χ1n) is 3.92. The molecule has 0 aliphatic carbocycles. The second kappa shape index (κ2) is 3.79. The molecule has 0 atom stereocenters. The molecule has 0 fully saturated rings. The van der Waals surface area contributed by atoms with Crippen LogP contribution in [0.4, 0.5) is 5.69 Å². The minimum atomic E-state index is -1.96. The average molecular weight is 213 g/mol. The van der Waals surface area contributed by atoms with Crippen LogP contribution in [0.25, 0.3) is 0 Å². The number of nitro groups is 1. The molecule has 5 heteroatoms. The Morgan fingerprint density at radius 1 is 1.29 bits per heavy atom. The van der Waals surface area contributed by atoms with Crippen molar-refractivity contribution in [2.45, 2.75) is 0 Å². The van der Waals surface area contributed by atoms with Gasteiger partial charge in [-0.25, -0.2) is 0 Å². The lowest BCUT2D eigenvalue weighted by atomic mass is 10.2. The van der Waals surface area contributed by atoms with Crippen molar-refractivity contribution in [1.82, 2.24) is 0 Å². The van der Waals surface area contributed by atoms with Crippen molar-refractivity contribution in [1.29, 1.82) is 0 Å². The molecule has 0 saturated carbocycles. The van der Waals surface area contributed by atoms with E-state index in [1.165, 1.54) is 12.1 Å². The number of hydrogen-bond donors (Lipinski definition) is 0. The summed E-state index contributed by atoms with van der Waals surface area (Å²) in [5.74, 6) is 0. The molecule has 0 heterocycles. The Hall–Kier alpha value is -1.36. The van der Waals surface area contributed by atoms with Crippen LogP contribution in [0.2, 0.25) is 0 Å². The summed E-state index contributed by atoms with van der Waals surface area (Å²) in [7, 11) is -1.96. The molecule has 1 rings (SSSR count). The molecule has 1 aromatic rings. The summed E-state index contributed by atoms with van der Waals surface area (Å²) in [6.07, 6.45) is 3.24. The summed E-state index contributed by atoms with van der Waals surface area (Å²) in [6.45, 7) is 0. The van der Waals surface area contributed by atoms with E-state index < -0.39 is 14.4 Å². The Morgan fingerprint density at radius 2 is 1.79 bits per heavy atom. The molecule has 0 aliphatic rings. The van der Waals surface area contributed by atoms with E-state index in [1.54, 1.807) is 30.0 Å². The number of benzene rings is 1. The van der Waals surface area contributed by atoms with Crippen LogP contribution in [-0.2, 0) is 9.52 Å². The highest BCUT2D eigenvalue weighted by Crippen LogP contribution is 2.10. The first kappa shape index (κ1) is 10.7. The highest BCUT2D eigenvalue weighted by molar-refractivity contribution is 8.00. The zero-order valence-corrected chi connectivity index (χ0v) is 8.78. The van der Waals surface area contributed by atoms with Crippen molar-refractivity contribution in [3.05, 3.63) is 39.9 Å². The molecule has 0 N–H and O–H groups in total. The van der Waals surface area contributed by atoms with Gasteiger partial charge in [-0.1, -0.05) is 0 Å².